The van der Waals surface area contributed by atoms with E-state index in [9.17, 15) is 9.90 Å². The molecule has 0 aromatic heterocycles. The molecule has 1 heterocycles. The number of hydrogen-bond donors (Lipinski definition) is 1. The maximum absolute atomic E-state index is 11.4. The predicted octanol–water partition coefficient (Wildman–Crippen LogP) is -0.168. The highest BCUT2D eigenvalue weighted by atomic mass is 35.5. The molecular weight excluding hydrogens is 194 g/mol. The molecule has 1 N–H and O–H groups in total. The van der Waals surface area contributed by atoms with Crippen molar-refractivity contribution in [2.24, 2.45) is 0 Å². The lowest BCUT2D eigenvalue weighted by atomic mass is 10.3. The third kappa shape index (κ3) is 2.33. The van der Waals surface area contributed by atoms with Gasteiger partial charge in [0.05, 0.1) is 6.10 Å². The van der Waals surface area contributed by atoms with Gasteiger partial charge in [-0.3, -0.25) is 4.79 Å². The van der Waals surface area contributed by atoms with Crippen molar-refractivity contribution in [1.29, 1.82) is 0 Å². The van der Waals surface area contributed by atoms with Crippen LogP contribution in [0.3, 0.4) is 0 Å². The van der Waals surface area contributed by atoms with E-state index in [0.29, 0.717) is 13.1 Å². The van der Waals surface area contributed by atoms with Crippen LogP contribution in [0.5, 0.6) is 0 Å². The Kier molecular flexibility index (Phi) is 3.53. The number of carbonyl (C=O) groups is 1. The van der Waals surface area contributed by atoms with Crippen LogP contribution in [0, 0.1) is 0 Å². The molecule has 0 bridgehead atoms. The standard InChI is InChI=1S/C8H14ClNO3/c1-5(9)8(12)10-3-6(11)7(4-10)13-2/h5-7,11H,3-4H2,1-2H3/t5-,6-,7+/m0/s1. The quantitative estimate of drug-likeness (QED) is 0.640. The minimum Gasteiger partial charge on any atom is -0.388 e. The number of likely N-dealkylation sites (tertiary alicyclic amines) is 1. The molecule has 13 heavy (non-hydrogen) atoms. The van der Waals surface area contributed by atoms with Crippen LogP contribution in [0.15, 0.2) is 0 Å². The highest BCUT2D eigenvalue weighted by Gasteiger charge is 2.34. The smallest absolute Gasteiger partial charge is 0.240 e. The minimum atomic E-state index is -0.593. The number of β-amino-alcohol motifs (C(OH)–C–C–N with tert-alkyl or cyclic N) is 1. The Morgan fingerprint density at radius 1 is 1.69 bits per heavy atom. The Hall–Kier alpha value is -0.320. The molecule has 5 heteroatoms. The van der Waals surface area contributed by atoms with Crippen molar-refractivity contribution < 1.29 is 14.6 Å². The molecule has 0 aromatic rings. The molecule has 1 saturated heterocycles. The number of nitrogens with zero attached hydrogens (tertiary/aromatic N) is 1. The van der Waals surface area contributed by atoms with E-state index in [1.54, 1.807) is 6.92 Å². The number of aliphatic hydroxyl groups is 1. The maximum atomic E-state index is 11.4. The van der Waals surface area contributed by atoms with E-state index in [1.165, 1.54) is 12.0 Å². The van der Waals surface area contributed by atoms with Crippen LogP contribution in [0.4, 0.5) is 0 Å². The molecule has 1 rings (SSSR count). The molecule has 1 amide bonds. The topological polar surface area (TPSA) is 49.8 Å². The lowest BCUT2D eigenvalue weighted by Crippen LogP contribution is -2.34. The maximum Gasteiger partial charge on any atom is 0.240 e. The van der Waals surface area contributed by atoms with Crippen LogP contribution in [-0.4, -0.2) is 53.7 Å². The number of carbonyl (C=O) groups excluding carboxylic acids is 1. The van der Waals surface area contributed by atoms with E-state index < -0.39 is 11.5 Å². The van der Waals surface area contributed by atoms with Crippen molar-refractivity contribution in [2.45, 2.75) is 24.5 Å². The second kappa shape index (κ2) is 4.26. The van der Waals surface area contributed by atoms with Crippen LogP contribution in [0.25, 0.3) is 0 Å². The molecular formula is C8H14ClNO3. The van der Waals surface area contributed by atoms with Gasteiger partial charge in [-0.05, 0) is 6.92 Å². The van der Waals surface area contributed by atoms with E-state index in [2.05, 4.69) is 0 Å². The van der Waals surface area contributed by atoms with Crippen LogP contribution < -0.4 is 0 Å². The summed E-state index contributed by atoms with van der Waals surface area (Å²) in [5, 5.41) is 8.89. The zero-order valence-corrected chi connectivity index (χ0v) is 8.49. The average Bonchev–Trinajstić information content (AvgIpc) is 2.45. The molecule has 0 radical (unpaired) electrons. The van der Waals surface area contributed by atoms with Gasteiger partial charge in [0.15, 0.2) is 0 Å². The van der Waals surface area contributed by atoms with Gasteiger partial charge in [0.1, 0.15) is 11.5 Å². The third-order valence-electron chi connectivity index (χ3n) is 2.19. The number of methoxy groups -OCH3 is 1. The summed E-state index contributed by atoms with van der Waals surface area (Å²) in [5.74, 6) is -0.153. The Bertz CT molecular complexity index is 198. The number of amides is 1. The molecule has 0 aromatic carbocycles. The molecule has 0 unspecified atom stereocenters. The first-order valence-corrected chi connectivity index (χ1v) is 4.63. The summed E-state index contributed by atoms with van der Waals surface area (Å²) in [6.45, 7) is 2.36. The fourth-order valence-corrected chi connectivity index (χ4v) is 1.56. The predicted molar refractivity (Wildman–Crippen MR) is 48.7 cm³/mol. The fraction of sp³-hybridized carbons (Fsp3) is 0.875. The summed E-state index contributed by atoms with van der Waals surface area (Å²) in [7, 11) is 1.52. The summed E-state index contributed by atoms with van der Waals surface area (Å²) in [4.78, 5) is 12.9. The monoisotopic (exact) mass is 207 g/mol. The van der Waals surface area contributed by atoms with Gasteiger partial charge in [0, 0.05) is 20.2 Å². The zero-order valence-electron chi connectivity index (χ0n) is 7.74. The number of aliphatic hydroxyl groups excluding tert-OH is 1. The summed E-state index contributed by atoms with van der Waals surface area (Å²) < 4.78 is 5.00. The van der Waals surface area contributed by atoms with E-state index in [0.717, 1.165) is 0 Å². The fourth-order valence-electron chi connectivity index (χ4n) is 1.42. The summed E-state index contributed by atoms with van der Waals surface area (Å²) >= 11 is 5.63. The van der Waals surface area contributed by atoms with Gasteiger partial charge in [-0.2, -0.15) is 0 Å². The summed E-state index contributed by atoms with van der Waals surface area (Å²) in [6.07, 6.45) is -0.872. The van der Waals surface area contributed by atoms with Crippen LogP contribution in [0.1, 0.15) is 6.92 Å². The Balaban J connectivity index is 2.53. The zero-order chi connectivity index (χ0) is 10.0. The number of hydrogen-bond acceptors (Lipinski definition) is 3. The molecule has 1 fully saturated rings. The van der Waals surface area contributed by atoms with Crippen molar-refractivity contribution >= 4 is 17.5 Å². The van der Waals surface area contributed by atoms with E-state index in [4.69, 9.17) is 16.3 Å². The largest absolute Gasteiger partial charge is 0.388 e. The Labute approximate surface area is 82.4 Å². The molecule has 76 valence electrons. The SMILES string of the molecule is CO[C@@H]1CN(C(=O)[C@H](C)Cl)C[C@@H]1O. The normalized spacial score (nSPS) is 30.6. The average molecular weight is 208 g/mol. The van der Waals surface area contributed by atoms with E-state index >= 15 is 0 Å². The van der Waals surface area contributed by atoms with Crippen LogP contribution in [0.2, 0.25) is 0 Å². The Morgan fingerprint density at radius 2 is 2.31 bits per heavy atom. The number of alkyl halides is 1. The summed E-state index contributed by atoms with van der Waals surface area (Å²) in [6, 6.07) is 0. The van der Waals surface area contributed by atoms with Crippen molar-refractivity contribution in [3.8, 4) is 0 Å². The van der Waals surface area contributed by atoms with E-state index in [1.807, 2.05) is 0 Å². The summed E-state index contributed by atoms with van der Waals surface area (Å²) in [5.41, 5.74) is 0. The number of ether oxygens (including phenoxy) is 1. The van der Waals surface area contributed by atoms with Crippen LogP contribution in [-0.2, 0) is 9.53 Å². The number of halogens is 1. The molecule has 1 aliphatic rings. The van der Waals surface area contributed by atoms with Gasteiger partial charge in [0.25, 0.3) is 0 Å². The molecule has 0 aliphatic carbocycles. The van der Waals surface area contributed by atoms with Gasteiger partial charge >= 0.3 is 0 Å². The second-order valence-corrected chi connectivity index (χ2v) is 3.86. The van der Waals surface area contributed by atoms with Crippen molar-refractivity contribution in [1.82, 2.24) is 4.90 Å². The number of rotatable bonds is 2. The molecule has 0 saturated carbocycles. The van der Waals surface area contributed by atoms with Gasteiger partial charge in [-0.25, -0.2) is 0 Å². The highest BCUT2D eigenvalue weighted by molar-refractivity contribution is 6.30. The van der Waals surface area contributed by atoms with E-state index in [-0.39, 0.29) is 12.0 Å². The van der Waals surface area contributed by atoms with Gasteiger partial charge < -0.3 is 14.7 Å². The molecule has 3 atom stereocenters. The van der Waals surface area contributed by atoms with Gasteiger partial charge in [0.2, 0.25) is 5.91 Å². The Morgan fingerprint density at radius 3 is 2.69 bits per heavy atom. The van der Waals surface area contributed by atoms with Crippen molar-refractivity contribution in [3.05, 3.63) is 0 Å². The molecule has 1 aliphatic heterocycles. The lowest BCUT2D eigenvalue weighted by molar-refractivity contribution is -0.130. The minimum absolute atomic E-state index is 0.153. The first-order valence-electron chi connectivity index (χ1n) is 4.20. The first-order chi connectivity index (χ1) is 6.06. The van der Waals surface area contributed by atoms with Gasteiger partial charge in [-0.15, -0.1) is 11.6 Å². The van der Waals surface area contributed by atoms with Crippen LogP contribution >= 0.6 is 11.6 Å². The van der Waals surface area contributed by atoms with Gasteiger partial charge in [-0.1, -0.05) is 0 Å². The highest BCUT2D eigenvalue weighted by Crippen LogP contribution is 2.15. The molecule has 4 nitrogen and oxygen atoms in total. The van der Waals surface area contributed by atoms with Crippen molar-refractivity contribution in [2.75, 3.05) is 20.2 Å². The molecule has 0 spiro atoms. The second-order valence-electron chi connectivity index (χ2n) is 3.20. The third-order valence-corrected chi connectivity index (χ3v) is 2.38. The lowest BCUT2D eigenvalue weighted by Gasteiger charge is -2.16. The first kappa shape index (κ1) is 10.8. The van der Waals surface area contributed by atoms with Crippen molar-refractivity contribution in [3.63, 3.8) is 0 Å².